The number of benzene rings is 2. The van der Waals surface area contributed by atoms with Crippen LogP contribution in [-0.2, 0) is 6.18 Å². The Morgan fingerprint density at radius 3 is 2.50 bits per heavy atom. The van der Waals surface area contributed by atoms with Crippen molar-refractivity contribution in [3.8, 4) is 11.1 Å². The van der Waals surface area contributed by atoms with Gasteiger partial charge in [-0.1, -0.05) is 12.1 Å². The van der Waals surface area contributed by atoms with E-state index < -0.39 is 23.0 Å². The lowest BCUT2D eigenvalue weighted by atomic mass is 10.0. The number of halogens is 4. The Morgan fingerprint density at radius 1 is 1.00 bits per heavy atom. The van der Waals surface area contributed by atoms with E-state index in [1.807, 2.05) is 0 Å². The minimum Gasteiger partial charge on any atom is -0.463 e. The van der Waals surface area contributed by atoms with Crippen LogP contribution < -0.4 is 5.43 Å². The Labute approximate surface area is 121 Å². The van der Waals surface area contributed by atoms with Gasteiger partial charge in [0.2, 0.25) is 5.43 Å². The predicted molar refractivity (Wildman–Crippen MR) is 72.9 cm³/mol. The van der Waals surface area contributed by atoms with Crippen molar-refractivity contribution in [3.63, 3.8) is 0 Å². The van der Waals surface area contributed by atoms with Crippen molar-refractivity contribution in [2.24, 2.45) is 0 Å². The van der Waals surface area contributed by atoms with Crippen molar-refractivity contribution >= 4 is 11.0 Å². The van der Waals surface area contributed by atoms with Gasteiger partial charge in [0.1, 0.15) is 17.7 Å². The minimum absolute atomic E-state index is 0.0186. The van der Waals surface area contributed by atoms with Gasteiger partial charge in [0.15, 0.2) is 0 Å². The van der Waals surface area contributed by atoms with Crippen molar-refractivity contribution < 1.29 is 22.0 Å². The molecule has 1 aromatic heterocycles. The zero-order valence-corrected chi connectivity index (χ0v) is 10.9. The molecule has 0 radical (unpaired) electrons. The Kier molecular flexibility index (Phi) is 3.24. The van der Waals surface area contributed by atoms with Crippen molar-refractivity contribution in [1.29, 1.82) is 0 Å². The molecule has 0 aliphatic carbocycles. The minimum atomic E-state index is -4.51. The molecular formula is C16H8F4O2. The highest BCUT2D eigenvalue weighted by Crippen LogP contribution is 2.31. The van der Waals surface area contributed by atoms with Gasteiger partial charge in [-0.3, -0.25) is 4.79 Å². The van der Waals surface area contributed by atoms with Crippen LogP contribution in [0.4, 0.5) is 17.6 Å². The Morgan fingerprint density at radius 2 is 1.77 bits per heavy atom. The lowest BCUT2D eigenvalue weighted by molar-refractivity contribution is -0.137. The molecule has 0 aliphatic heterocycles. The van der Waals surface area contributed by atoms with Crippen LogP contribution in [-0.4, -0.2) is 0 Å². The van der Waals surface area contributed by atoms with E-state index in [4.69, 9.17) is 4.42 Å². The van der Waals surface area contributed by atoms with Gasteiger partial charge >= 0.3 is 6.18 Å². The molecule has 2 nitrogen and oxygen atoms in total. The molecule has 0 atom stereocenters. The first kappa shape index (κ1) is 14.3. The summed E-state index contributed by atoms with van der Waals surface area (Å²) in [6.45, 7) is 0. The summed E-state index contributed by atoms with van der Waals surface area (Å²) in [7, 11) is 0. The molecule has 0 amide bonds. The normalized spacial score (nSPS) is 11.8. The van der Waals surface area contributed by atoms with E-state index in [-0.39, 0.29) is 22.1 Å². The van der Waals surface area contributed by atoms with Crippen molar-refractivity contribution in [3.05, 3.63) is 70.3 Å². The fourth-order valence-electron chi connectivity index (χ4n) is 2.17. The molecule has 3 aromatic rings. The average molecular weight is 308 g/mol. The molecule has 112 valence electrons. The molecule has 2 aromatic carbocycles. The van der Waals surface area contributed by atoms with Crippen LogP contribution in [0.5, 0.6) is 0 Å². The van der Waals surface area contributed by atoms with Crippen LogP contribution in [0.1, 0.15) is 5.56 Å². The van der Waals surface area contributed by atoms with Crippen LogP contribution in [0.3, 0.4) is 0 Å². The summed E-state index contributed by atoms with van der Waals surface area (Å²) < 4.78 is 56.7. The molecule has 0 aliphatic rings. The number of hydrogen-bond donors (Lipinski definition) is 0. The van der Waals surface area contributed by atoms with E-state index in [0.717, 1.165) is 30.5 Å². The predicted octanol–water partition coefficient (Wildman–Crippen LogP) is 4.62. The molecule has 0 saturated carbocycles. The molecule has 0 fully saturated rings. The van der Waals surface area contributed by atoms with Gasteiger partial charge < -0.3 is 4.42 Å². The second kappa shape index (κ2) is 4.98. The van der Waals surface area contributed by atoms with Gasteiger partial charge in [-0.05, 0) is 35.9 Å². The van der Waals surface area contributed by atoms with E-state index in [0.29, 0.717) is 0 Å². The molecule has 0 unspecified atom stereocenters. The zero-order valence-electron chi connectivity index (χ0n) is 10.9. The highest BCUT2D eigenvalue weighted by Gasteiger charge is 2.30. The zero-order chi connectivity index (χ0) is 15.9. The summed E-state index contributed by atoms with van der Waals surface area (Å²) in [4.78, 5) is 12.3. The molecule has 1 heterocycles. The fraction of sp³-hybridized carbons (Fsp3) is 0.0625. The first-order valence-electron chi connectivity index (χ1n) is 6.25. The molecule has 0 spiro atoms. The summed E-state index contributed by atoms with van der Waals surface area (Å²) in [6.07, 6.45) is -3.43. The summed E-state index contributed by atoms with van der Waals surface area (Å²) in [6, 6.07) is 7.76. The SMILES string of the molecule is O=c1c(-c2cccc(C(F)(F)F)c2)coc2ccc(F)cc12. The van der Waals surface area contributed by atoms with Crippen molar-refractivity contribution in [2.45, 2.75) is 6.18 Å². The first-order chi connectivity index (χ1) is 10.4. The third kappa shape index (κ3) is 2.47. The molecule has 0 bridgehead atoms. The van der Waals surface area contributed by atoms with E-state index in [9.17, 15) is 22.4 Å². The maximum atomic E-state index is 13.2. The molecule has 6 heteroatoms. The largest absolute Gasteiger partial charge is 0.463 e. The Hall–Kier alpha value is -2.63. The third-order valence-electron chi connectivity index (χ3n) is 3.24. The van der Waals surface area contributed by atoms with Crippen molar-refractivity contribution in [2.75, 3.05) is 0 Å². The fourth-order valence-corrected chi connectivity index (χ4v) is 2.17. The average Bonchev–Trinajstić information content (AvgIpc) is 2.47. The summed E-state index contributed by atoms with van der Waals surface area (Å²) in [5.41, 5.74) is -1.27. The van der Waals surface area contributed by atoms with Gasteiger partial charge in [0.25, 0.3) is 0 Å². The smallest absolute Gasteiger partial charge is 0.416 e. The van der Waals surface area contributed by atoms with Gasteiger partial charge in [0.05, 0.1) is 16.5 Å². The lowest BCUT2D eigenvalue weighted by Crippen LogP contribution is -2.08. The lowest BCUT2D eigenvalue weighted by Gasteiger charge is -2.08. The van der Waals surface area contributed by atoms with Crippen LogP contribution in [0.25, 0.3) is 22.1 Å². The molecule has 3 rings (SSSR count). The van der Waals surface area contributed by atoms with E-state index in [2.05, 4.69) is 0 Å². The number of hydrogen-bond acceptors (Lipinski definition) is 2. The van der Waals surface area contributed by atoms with Crippen LogP contribution >= 0.6 is 0 Å². The van der Waals surface area contributed by atoms with Gasteiger partial charge in [-0.15, -0.1) is 0 Å². The van der Waals surface area contributed by atoms with Crippen LogP contribution in [0.2, 0.25) is 0 Å². The summed E-state index contributed by atoms with van der Waals surface area (Å²) in [5.74, 6) is -0.624. The standard InChI is InChI=1S/C16H8F4O2/c17-11-4-5-14-12(7-11)15(21)13(8-22-14)9-2-1-3-10(6-9)16(18,19)20/h1-8H. The Bertz CT molecular complexity index is 910. The van der Waals surface area contributed by atoms with Crippen LogP contribution in [0, 0.1) is 5.82 Å². The van der Waals surface area contributed by atoms with E-state index in [1.165, 1.54) is 18.2 Å². The van der Waals surface area contributed by atoms with Crippen molar-refractivity contribution in [1.82, 2.24) is 0 Å². The maximum absolute atomic E-state index is 13.2. The summed E-state index contributed by atoms with van der Waals surface area (Å²) in [5, 5.41) is -0.0186. The third-order valence-corrected chi connectivity index (χ3v) is 3.24. The number of rotatable bonds is 1. The van der Waals surface area contributed by atoms with Crippen LogP contribution in [0.15, 0.2) is 57.9 Å². The topological polar surface area (TPSA) is 30.2 Å². The monoisotopic (exact) mass is 308 g/mol. The van der Waals surface area contributed by atoms with Gasteiger partial charge in [0, 0.05) is 0 Å². The number of alkyl halides is 3. The maximum Gasteiger partial charge on any atom is 0.416 e. The Balaban J connectivity index is 2.23. The molecular weight excluding hydrogens is 300 g/mol. The highest BCUT2D eigenvalue weighted by molar-refractivity contribution is 5.81. The molecule has 0 N–H and O–H groups in total. The highest BCUT2D eigenvalue weighted by atomic mass is 19.4. The second-order valence-corrected chi connectivity index (χ2v) is 4.70. The molecule has 22 heavy (non-hydrogen) atoms. The number of fused-ring (bicyclic) bond motifs is 1. The van der Waals surface area contributed by atoms with E-state index in [1.54, 1.807) is 0 Å². The summed E-state index contributed by atoms with van der Waals surface area (Å²) >= 11 is 0. The van der Waals surface area contributed by atoms with Gasteiger partial charge in [-0.2, -0.15) is 13.2 Å². The van der Waals surface area contributed by atoms with Gasteiger partial charge in [-0.25, -0.2) is 4.39 Å². The first-order valence-corrected chi connectivity index (χ1v) is 6.25. The van der Waals surface area contributed by atoms with E-state index >= 15 is 0 Å². The molecule has 0 saturated heterocycles. The second-order valence-electron chi connectivity index (χ2n) is 4.70. The quantitative estimate of drug-likeness (QED) is 0.614.